The quantitative estimate of drug-likeness (QED) is 0.847. The van der Waals surface area contributed by atoms with Crippen molar-refractivity contribution in [3.63, 3.8) is 0 Å². The van der Waals surface area contributed by atoms with Crippen molar-refractivity contribution < 1.29 is 4.39 Å². The lowest BCUT2D eigenvalue weighted by Gasteiger charge is -2.41. The third kappa shape index (κ3) is 3.53. The molecule has 1 fully saturated rings. The molecule has 0 atom stereocenters. The maximum Gasteiger partial charge on any atom is 0.127 e. The van der Waals surface area contributed by atoms with Crippen LogP contribution in [0.4, 0.5) is 4.39 Å². The van der Waals surface area contributed by atoms with E-state index in [9.17, 15) is 4.39 Å². The van der Waals surface area contributed by atoms with Crippen LogP contribution >= 0.6 is 11.6 Å². The van der Waals surface area contributed by atoms with Gasteiger partial charge in [0, 0.05) is 5.02 Å². The van der Waals surface area contributed by atoms with E-state index in [-0.39, 0.29) is 11.2 Å². The lowest BCUT2D eigenvalue weighted by molar-refractivity contribution is 0.131. The Bertz CT molecular complexity index is 450. The molecule has 0 bridgehead atoms. The highest BCUT2D eigenvalue weighted by Crippen LogP contribution is 2.43. The summed E-state index contributed by atoms with van der Waals surface area (Å²) in [5, 5.41) is 0.455. The highest BCUT2D eigenvalue weighted by Gasteiger charge is 2.35. The second-order valence-electron chi connectivity index (χ2n) is 6.70. The Balaban J connectivity index is 2.09. The summed E-state index contributed by atoms with van der Waals surface area (Å²) in [5.74, 6) is 1.33. The molecule has 0 aromatic heterocycles. The lowest BCUT2D eigenvalue weighted by atomic mass is 9.65. The van der Waals surface area contributed by atoms with Crippen LogP contribution < -0.4 is 5.73 Å². The van der Waals surface area contributed by atoms with E-state index in [4.69, 9.17) is 17.3 Å². The fourth-order valence-electron chi connectivity index (χ4n) is 3.44. The number of hydrogen-bond acceptors (Lipinski definition) is 1. The van der Waals surface area contributed by atoms with E-state index in [0.717, 1.165) is 36.7 Å². The molecule has 0 spiro atoms. The molecule has 112 valence electrons. The van der Waals surface area contributed by atoms with Gasteiger partial charge in [-0.05, 0) is 73.6 Å². The van der Waals surface area contributed by atoms with Gasteiger partial charge in [-0.25, -0.2) is 4.39 Å². The first-order chi connectivity index (χ1) is 9.46. The minimum absolute atomic E-state index is 0.0695. The topological polar surface area (TPSA) is 26.0 Å². The first kappa shape index (κ1) is 15.8. The standard InChI is InChI=1S/C17H25ClFN/c1-12(2)13-5-7-17(11-20,8-6-13)10-14-3-4-15(18)9-16(14)19/h3-4,9,12-13H,5-8,10-11,20H2,1-2H3. The average molecular weight is 298 g/mol. The smallest absolute Gasteiger partial charge is 0.127 e. The molecule has 1 nitrogen and oxygen atoms in total. The minimum Gasteiger partial charge on any atom is -0.330 e. The minimum atomic E-state index is -0.198. The van der Waals surface area contributed by atoms with Gasteiger partial charge in [0.15, 0.2) is 0 Å². The number of rotatable bonds is 4. The van der Waals surface area contributed by atoms with Crippen LogP contribution in [-0.4, -0.2) is 6.54 Å². The highest BCUT2D eigenvalue weighted by atomic mass is 35.5. The number of halogens is 2. The predicted octanol–water partition coefficient (Wildman–Crippen LogP) is 4.81. The zero-order chi connectivity index (χ0) is 14.8. The van der Waals surface area contributed by atoms with E-state index >= 15 is 0 Å². The summed E-state index contributed by atoms with van der Waals surface area (Å²) in [4.78, 5) is 0. The SMILES string of the molecule is CC(C)C1CCC(CN)(Cc2ccc(Cl)cc2F)CC1. The van der Waals surface area contributed by atoms with Gasteiger partial charge >= 0.3 is 0 Å². The van der Waals surface area contributed by atoms with Crippen molar-refractivity contribution in [3.05, 3.63) is 34.6 Å². The molecule has 0 amide bonds. The van der Waals surface area contributed by atoms with Crippen molar-refractivity contribution in [1.29, 1.82) is 0 Å². The molecule has 0 radical (unpaired) electrons. The molecule has 20 heavy (non-hydrogen) atoms. The van der Waals surface area contributed by atoms with Crippen LogP contribution in [0.1, 0.15) is 45.1 Å². The fraction of sp³-hybridized carbons (Fsp3) is 0.647. The maximum absolute atomic E-state index is 14.0. The molecule has 1 saturated carbocycles. The molecule has 3 heteroatoms. The van der Waals surface area contributed by atoms with E-state index < -0.39 is 0 Å². The van der Waals surface area contributed by atoms with Gasteiger partial charge in [0.25, 0.3) is 0 Å². The van der Waals surface area contributed by atoms with E-state index in [1.54, 1.807) is 6.07 Å². The van der Waals surface area contributed by atoms with E-state index in [2.05, 4.69) is 13.8 Å². The molecule has 1 aliphatic rings. The van der Waals surface area contributed by atoms with Crippen molar-refractivity contribution in [2.75, 3.05) is 6.54 Å². The van der Waals surface area contributed by atoms with Crippen LogP contribution in [0.15, 0.2) is 18.2 Å². The van der Waals surface area contributed by atoms with Crippen LogP contribution in [0.3, 0.4) is 0 Å². The summed E-state index contributed by atoms with van der Waals surface area (Å²) < 4.78 is 14.0. The molecule has 0 saturated heterocycles. The van der Waals surface area contributed by atoms with Gasteiger partial charge in [-0.2, -0.15) is 0 Å². The third-order valence-electron chi connectivity index (χ3n) is 5.05. The molecule has 1 aromatic carbocycles. The van der Waals surface area contributed by atoms with Gasteiger partial charge in [0.2, 0.25) is 0 Å². The van der Waals surface area contributed by atoms with Crippen LogP contribution in [0, 0.1) is 23.1 Å². The average Bonchev–Trinajstić information content (AvgIpc) is 2.42. The molecule has 2 rings (SSSR count). The van der Waals surface area contributed by atoms with Gasteiger partial charge in [0.1, 0.15) is 5.82 Å². The van der Waals surface area contributed by atoms with Crippen LogP contribution in [-0.2, 0) is 6.42 Å². The molecule has 1 aliphatic carbocycles. The summed E-state index contributed by atoms with van der Waals surface area (Å²) in [7, 11) is 0. The summed E-state index contributed by atoms with van der Waals surface area (Å²) >= 11 is 5.82. The van der Waals surface area contributed by atoms with Gasteiger partial charge in [-0.3, -0.25) is 0 Å². The molecule has 1 aromatic rings. The third-order valence-corrected chi connectivity index (χ3v) is 5.28. The predicted molar refractivity (Wildman–Crippen MR) is 83.4 cm³/mol. The Labute approximate surface area is 126 Å². The monoisotopic (exact) mass is 297 g/mol. The van der Waals surface area contributed by atoms with Crippen molar-refractivity contribution >= 4 is 11.6 Å². The number of benzene rings is 1. The maximum atomic E-state index is 14.0. The second-order valence-corrected chi connectivity index (χ2v) is 7.13. The molecule has 0 aliphatic heterocycles. The second kappa shape index (κ2) is 6.44. The van der Waals surface area contributed by atoms with Crippen LogP contribution in [0.5, 0.6) is 0 Å². The molecule has 0 heterocycles. The van der Waals surface area contributed by atoms with Gasteiger partial charge in [0.05, 0.1) is 0 Å². The normalized spacial score (nSPS) is 27.0. The Hall–Kier alpha value is -0.600. The zero-order valence-electron chi connectivity index (χ0n) is 12.5. The summed E-state index contributed by atoms with van der Waals surface area (Å²) in [6, 6.07) is 4.98. The van der Waals surface area contributed by atoms with Crippen molar-refractivity contribution in [2.24, 2.45) is 23.0 Å². The zero-order valence-corrected chi connectivity index (χ0v) is 13.2. The van der Waals surface area contributed by atoms with E-state index in [1.807, 2.05) is 6.07 Å². The largest absolute Gasteiger partial charge is 0.330 e. The van der Waals surface area contributed by atoms with Crippen molar-refractivity contribution in [2.45, 2.75) is 46.0 Å². The summed E-state index contributed by atoms with van der Waals surface area (Å²) in [6.45, 7) is 5.22. The fourth-order valence-corrected chi connectivity index (χ4v) is 3.60. The van der Waals surface area contributed by atoms with Crippen molar-refractivity contribution in [3.8, 4) is 0 Å². The lowest BCUT2D eigenvalue weighted by Crippen LogP contribution is -2.37. The van der Waals surface area contributed by atoms with Crippen LogP contribution in [0.2, 0.25) is 5.02 Å². The summed E-state index contributed by atoms with van der Waals surface area (Å²) in [5.41, 5.74) is 6.86. The van der Waals surface area contributed by atoms with Crippen molar-refractivity contribution in [1.82, 2.24) is 0 Å². The molecule has 0 unspecified atom stereocenters. The van der Waals surface area contributed by atoms with Crippen LogP contribution in [0.25, 0.3) is 0 Å². The highest BCUT2D eigenvalue weighted by molar-refractivity contribution is 6.30. The Morgan fingerprint density at radius 1 is 1.35 bits per heavy atom. The number of hydrogen-bond donors (Lipinski definition) is 1. The summed E-state index contributed by atoms with van der Waals surface area (Å²) in [6.07, 6.45) is 5.37. The molecular weight excluding hydrogens is 273 g/mol. The molecule has 2 N–H and O–H groups in total. The Morgan fingerprint density at radius 3 is 2.50 bits per heavy atom. The number of nitrogens with two attached hydrogens (primary N) is 1. The van der Waals surface area contributed by atoms with Gasteiger partial charge < -0.3 is 5.73 Å². The first-order valence-corrected chi connectivity index (χ1v) is 7.97. The van der Waals surface area contributed by atoms with E-state index in [0.29, 0.717) is 11.6 Å². The molecular formula is C17H25ClFN. The van der Waals surface area contributed by atoms with Gasteiger partial charge in [-0.15, -0.1) is 0 Å². The van der Waals surface area contributed by atoms with E-state index in [1.165, 1.54) is 18.9 Å². The van der Waals surface area contributed by atoms with Gasteiger partial charge in [-0.1, -0.05) is 31.5 Å². The first-order valence-electron chi connectivity index (χ1n) is 7.60. The Morgan fingerprint density at radius 2 is 2.00 bits per heavy atom. The Kier molecular flexibility index (Phi) is 5.09.